The van der Waals surface area contributed by atoms with Gasteiger partial charge in [-0.15, -0.1) is 13.2 Å². The van der Waals surface area contributed by atoms with Crippen molar-refractivity contribution in [3.8, 4) is 0 Å². The maximum Gasteiger partial charge on any atom is 0.0920 e. The Kier molecular flexibility index (Phi) is 16.8. The van der Waals surface area contributed by atoms with Gasteiger partial charge in [-0.1, -0.05) is 103 Å². The molecule has 0 aromatic carbocycles. The van der Waals surface area contributed by atoms with E-state index in [2.05, 4.69) is 114 Å². The predicted molar refractivity (Wildman–Crippen MR) is 327 cm³/mol. The number of likely N-dealkylation sites (tertiary alicyclic amines) is 1. The largest absolute Gasteiger partial charge is 0.498 e. The lowest BCUT2D eigenvalue weighted by atomic mass is 9.59. The second kappa shape index (κ2) is 24.4. The summed E-state index contributed by atoms with van der Waals surface area (Å²) in [6.45, 7) is 9.09. The van der Waals surface area contributed by atoms with E-state index in [9.17, 15) is 0 Å². The lowest BCUT2D eigenvalue weighted by Gasteiger charge is -2.48. The highest BCUT2D eigenvalue weighted by atomic mass is 16.5. The first kappa shape index (κ1) is 53.6. The lowest BCUT2D eigenvalue weighted by molar-refractivity contribution is 0.131. The molecule has 0 aromatic rings. The molecule has 1 heterocycles. The fourth-order valence-corrected chi connectivity index (χ4v) is 20.4. The molecule has 1 saturated heterocycles. The van der Waals surface area contributed by atoms with Crippen LogP contribution < -0.4 is 0 Å². The molecule has 13 aliphatic rings. The Bertz CT molecular complexity index is 2470. The van der Waals surface area contributed by atoms with Gasteiger partial charge in [-0.3, -0.25) is 0 Å². The van der Waals surface area contributed by atoms with Gasteiger partial charge in [-0.2, -0.15) is 0 Å². The number of ether oxygens (including phenoxy) is 1. The van der Waals surface area contributed by atoms with Crippen LogP contribution in [0.25, 0.3) is 0 Å². The first-order chi connectivity index (χ1) is 38.6. The Hall–Kier alpha value is -3.72. The average Bonchev–Trinajstić information content (AvgIpc) is 4.01. The summed E-state index contributed by atoms with van der Waals surface area (Å²) in [4.78, 5) is 6.11. The number of rotatable bonds is 16. The molecule has 0 aromatic heterocycles. The second-order valence-corrected chi connectivity index (χ2v) is 28.2. The van der Waals surface area contributed by atoms with Crippen LogP contribution in [0.3, 0.4) is 0 Å². The molecule has 0 bridgehead atoms. The molecule has 3 saturated carbocycles. The van der Waals surface area contributed by atoms with Gasteiger partial charge in [0.2, 0.25) is 0 Å². The van der Waals surface area contributed by atoms with E-state index in [0.717, 1.165) is 60.9 Å². The molecule has 3 heteroatoms. The highest BCUT2D eigenvalue weighted by Gasteiger charge is 2.60. The van der Waals surface area contributed by atoms with E-state index in [4.69, 9.17) is 4.74 Å². The molecule has 4 fully saturated rings. The van der Waals surface area contributed by atoms with Crippen LogP contribution in [0.4, 0.5) is 0 Å². The Morgan fingerprint density at radius 3 is 2.26 bits per heavy atom. The standard InChI is InChI=1S/C75H104N2O/c1-3-53-28-32-56(33-29-53)57-34-41-63(42-35-57)77-73-27-14-12-25-69(73)70-51-60(38-47-74(70)77)58-36-39-62(40-37-58)76(64-23-17-20-59(50-64)55-18-7-5-8-19-55)65-43-46-68-67-24-11-13-26-71(67)75(72(68)52-65,61-21-9-6-10-22-61)48-15-16-49-78-66-44-30-54(4-2)31-45-66/h3-5,7,13,21,25-26,38-39,41,44,47,51-59,64,67-68,70-74H,1-2,6,8-12,14-20,22-24,27-37,40,42-43,45-46,48-50H2. The van der Waals surface area contributed by atoms with Crippen molar-refractivity contribution in [3.63, 3.8) is 0 Å². The maximum absolute atomic E-state index is 6.56. The molecule has 13 rings (SSSR count). The van der Waals surface area contributed by atoms with Crippen molar-refractivity contribution in [2.24, 2.45) is 76.4 Å². The normalized spacial score (nSPS) is 40.3. The summed E-state index contributed by atoms with van der Waals surface area (Å²) < 4.78 is 6.56. The van der Waals surface area contributed by atoms with Crippen molar-refractivity contribution in [2.45, 2.75) is 236 Å². The molecular weight excluding hydrogens is 945 g/mol. The van der Waals surface area contributed by atoms with Crippen molar-refractivity contribution in [1.82, 2.24) is 9.80 Å². The first-order valence-electron chi connectivity index (χ1n) is 33.9. The van der Waals surface area contributed by atoms with Crippen LogP contribution in [-0.2, 0) is 4.74 Å². The Morgan fingerprint density at radius 1 is 0.590 bits per heavy atom. The molecule has 3 nitrogen and oxygen atoms in total. The van der Waals surface area contributed by atoms with Crippen LogP contribution in [0.15, 0.2) is 144 Å². The third kappa shape index (κ3) is 10.7. The zero-order valence-corrected chi connectivity index (χ0v) is 48.8. The van der Waals surface area contributed by atoms with Crippen LogP contribution in [0.1, 0.15) is 218 Å². The highest BCUT2D eigenvalue weighted by molar-refractivity contribution is 5.44. The minimum absolute atomic E-state index is 0.252. The number of hydrogen-bond acceptors (Lipinski definition) is 3. The number of allylic oxidation sites excluding steroid dienone is 19. The predicted octanol–water partition coefficient (Wildman–Crippen LogP) is 19.9. The van der Waals surface area contributed by atoms with Gasteiger partial charge < -0.3 is 14.5 Å². The molecule has 420 valence electrons. The number of fused-ring (bicyclic) bond motifs is 6. The molecule has 0 radical (unpaired) electrons. The van der Waals surface area contributed by atoms with Gasteiger partial charge >= 0.3 is 0 Å². The second-order valence-electron chi connectivity index (χ2n) is 28.2. The van der Waals surface area contributed by atoms with Crippen LogP contribution in [0, 0.1) is 76.4 Å². The Balaban J connectivity index is 0.765. The molecule has 0 spiro atoms. The third-order valence-electron chi connectivity index (χ3n) is 24.5. The molecule has 14 unspecified atom stereocenters. The number of unbranched alkanes of at least 4 members (excludes halogenated alkanes) is 1. The number of hydrogen-bond donors (Lipinski definition) is 0. The fraction of sp³-hybridized carbons (Fsp3) is 0.680. The van der Waals surface area contributed by atoms with E-state index < -0.39 is 0 Å². The Morgan fingerprint density at radius 2 is 1.46 bits per heavy atom. The summed E-state index contributed by atoms with van der Waals surface area (Å²) in [6, 6.07) is 1.76. The highest BCUT2D eigenvalue weighted by Crippen LogP contribution is 2.67. The molecule has 0 N–H and O–H groups in total. The van der Waals surface area contributed by atoms with E-state index in [1.165, 1.54) is 211 Å². The van der Waals surface area contributed by atoms with Crippen molar-refractivity contribution >= 4 is 0 Å². The van der Waals surface area contributed by atoms with Crippen LogP contribution >= 0.6 is 0 Å². The smallest absolute Gasteiger partial charge is 0.0920 e. The van der Waals surface area contributed by atoms with Crippen molar-refractivity contribution < 1.29 is 4.74 Å². The summed E-state index contributed by atoms with van der Waals surface area (Å²) in [5, 5.41) is 0. The van der Waals surface area contributed by atoms with Gasteiger partial charge in [0.25, 0.3) is 0 Å². The van der Waals surface area contributed by atoms with Crippen LogP contribution in [0.2, 0.25) is 0 Å². The third-order valence-corrected chi connectivity index (χ3v) is 24.5. The van der Waals surface area contributed by atoms with Gasteiger partial charge in [0, 0.05) is 40.9 Å². The van der Waals surface area contributed by atoms with Gasteiger partial charge in [-0.05, 0) is 281 Å². The van der Waals surface area contributed by atoms with E-state index in [1.54, 1.807) is 28.2 Å². The van der Waals surface area contributed by atoms with E-state index in [0.29, 0.717) is 47.7 Å². The van der Waals surface area contributed by atoms with Gasteiger partial charge in [0.05, 0.1) is 24.4 Å². The van der Waals surface area contributed by atoms with Crippen molar-refractivity contribution in [2.75, 3.05) is 6.61 Å². The van der Waals surface area contributed by atoms with E-state index in [-0.39, 0.29) is 5.41 Å². The lowest BCUT2D eigenvalue weighted by Crippen LogP contribution is -2.42. The minimum atomic E-state index is 0.252. The Labute approximate surface area is 475 Å². The zero-order valence-electron chi connectivity index (χ0n) is 48.8. The van der Waals surface area contributed by atoms with E-state index >= 15 is 0 Å². The van der Waals surface area contributed by atoms with Crippen LogP contribution in [-0.4, -0.2) is 34.5 Å². The summed E-state index contributed by atoms with van der Waals surface area (Å²) in [5.74, 6) is 10.4. The summed E-state index contributed by atoms with van der Waals surface area (Å²) in [5.41, 5.74) is 10.7. The molecule has 0 amide bonds. The summed E-state index contributed by atoms with van der Waals surface area (Å²) >= 11 is 0. The molecular formula is C75H104N2O. The minimum Gasteiger partial charge on any atom is -0.498 e. The SMILES string of the molecule is C=CC1CC=C(OCCCCC2(C3=CCCCC3)C3C=CCCC3C3CCC(N(C4=CCC(C5=CC6C7=CCCCC7N(C7=CCC(C8CCC(C=C)CC8)CC7)C6C=C5)CC4)C4CCCC(C5CC=CCC5)C4)=CC32)CC1. The quantitative estimate of drug-likeness (QED) is 0.113. The molecule has 1 aliphatic heterocycles. The monoisotopic (exact) mass is 1050 g/mol. The van der Waals surface area contributed by atoms with Gasteiger partial charge in [0.15, 0.2) is 0 Å². The fourth-order valence-electron chi connectivity index (χ4n) is 20.4. The van der Waals surface area contributed by atoms with Crippen LogP contribution in [0.5, 0.6) is 0 Å². The van der Waals surface area contributed by atoms with E-state index in [1.807, 2.05) is 5.57 Å². The molecule has 12 aliphatic carbocycles. The first-order valence-corrected chi connectivity index (χ1v) is 33.9. The molecule has 14 atom stereocenters. The number of nitrogens with zero attached hydrogens (tertiary/aromatic N) is 2. The topological polar surface area (TPSA) is 15.7 Å². The van der Waals surface area contributed by atoms with Gasteiger partial charge in [-0.25, -0.2) is 0 Å². The maximum atomic E-state index is 6.56. The zero-order chi connectivity index (χ0) is 52.4. The van der Waals surface area contributed by atoms with Crippen molar-refractivity contribution in [3.05, 3.63) is 144 Å². The summed E-state index contributed by atoms with van der Waals surface area (Å²) in [6.07, 6.45) is 84.3. The molecule has 78 heavy (non-hydrogen) atoms. The average molecular weight is 1050 g/mol. The van der Waals surface area contributed by atoms with Crippen molar-refractivity contribution in [1.29, 1.82) is 0 Å². The van der Waals surface area contributed by atoms with Gasteiger partial charge in [0.1, 0.15) is 0 Å². The summed E-state index contributed by atoms with van der Waals surface area (Å²) in [7, 11) is 0.